The molecule has 0 saturated heterocycles. The number of carbonyl (C=O) groups is 1. The molecular formula is C27H27N3O4. The number of nitrogens with zero attached hydrogens (tertiary/aromatic N) is 2. The second-order valence-corrected chi connectivity index (χ2v) is 7.42. The first-order chi connectivity index (χ1) is 16.7. The molecule has 4 rings (SSSR count). The number of para-hydroxylation sites is 1. The topological polar surface area (TPSA) is 74.1 Å². The number of benzene rings is 2. The van der Waals surface area contributed by atoms with E-state index >= 15 is 0 Å². The maximum Gasteiger partial charge on any atom is 0.325 e. The largest absolute Gasteiger partial charge is 0.496 e. The van der Waals surface area contributed by atoms with Crippen molar-refractivity contribution in [1.82, 2.24) is 9.38 Å². The number of pyridine rings is 1. The summed E-state index contributed by atoms with van der Waals surface area (Å²) in [5, 5.41) is 3.17. The van der Waals surface area contributed by atoms with Crippen LogP contribution in [0, 0.1) is 0 Å². The van der Waals surface area contributed by atoms with Gasteiger partial charge in [0.2, 0.25) is 0 Å². The number of fused-ring (bicyclic) bond motifs is 1. The number of carbonyl (C=O) groups excluding carboxylic acids is 1. The van der Waals surface area contributed by atoms with Crippen molar-refractivity contribution in [3.8, 4) is 11.5 Å². The molecule has 0 saturated carbocycles. The second-order valence-electron chi connectivity index (χ2n) is 7.42. The molecule has 7 nitrogen and oxygen atoms in total. The molecule has 2 aromatic heterocycles. The van der Waals surface area contributed by atoms with Crippen LogP contribution in [0.5, 0.6) is 11.5 Å². The average Bonchev–Trinajstić information content (AvgIpc) is 3.24. The van der Waals surface area contributed by atoms with E-state index in [4.69, 9.17) is 19.2 Å². The number of imidazole rings is 1. The van der Waals surface area contributed by atoms with Gasteiger partial charge in [0.25, 0.3) is 0 Å². The number of aromatic nitrogens is 2. The van der Waals surface area contributed by atoms with Gasteiger partial charge >= 0.3 is 5.97 Å². The van der Waals surface area contributed by atoms with Gasteiger partial charge in [-0.25, -0.2) is 4.98 Å². The van der Waals surface area contributed by atoms with Crippen LogP contribution in [-0.4, -0.2) is 35.6 Å². The number of anilines is 1. The molecule has 0 atom stereocenters. The van der Waals surface area contributed by atoms with E-state index in [2.05, 4.69) is 5.32 Å². The minimum absolute atomic E-state index is 0.0201. The lowest BCUT2D eigenvalue weighted by Gasteiger charge is -2.09. The highest BCUT2D eigenvalue weighted by atomic mass is 16.5. The van der Waals surface area contributed by atoms with Gasteiger partial charge < -0.3 is 19.5 Å². The molecule has 2 aromatic carbocycles. The molecule has 1 N–H and O–H groups in total. The molecule has 7 heteroatoms. The number of hydrogen-bond donors (Lipinski definition) is 1. The van der Waals surface area contributed by atoms with Crippen LogP contribution in [0.2, 0.25) is 0 Å². The highest BCUT2D eigenvalue weighted by molar-refractivity contribution is 5.81. The van der Waals surface area contributed by atoms with Crippen molar-refractivity contribution in [2.24, 2.45) is 0 Å². The van der Waals surface area contributed by atoms with Crippen molar-refractivity contribution < 1.29 is 19.0 Å². The normalized spacial score (nSPS) is 11.0. The molecule has 34 heavy (non-hydrogen) atoms. The van der Waals surface area contributed by atoms with Gasteiger partial charge in [-0.15, -0.1) is 0 Å². The fourth-order valence-corrected chi connectivity index (χ4v) is 3.54. The fraction of sp³-hybridized carbons (Fsp3) is 0.185. The van der Waals surface area contributed by atoms with Gasteiger partial charge in [-0.3, -0.25) is 9.20 Å². The van der Waals surface area contributed by atoms with Crippen molar-refractivity contribution >= 4 is 29.6 Å². The van der Waals surface area contributed by atoms with Gasteiger partial charge in [0.05, 0.1) is 13.7 Å². The van der Waals surface area contributed by atoms with E-state index < -0.39 is 0 Å². The third-order valence-electron chi connectivity index (χ3n) is 5.14. The number of esters is 1. The Balaban J connectivity index is 1.69. The average molecular weight is 458 g/mol. The van der Waals surface area contributed by atoms with Gasteiger partial charge in [-0.2, -0.15) is 0 Å². The van der Waals surface area contributed by atoms with E-state index in [1.807, 2.05) is 89.5 Å². The third kappa shape index (κ3) is 5.38. The number of hydrogen-bond acceptors (Lipinski definition) is 6. The van der Waals surface area contributed by atoms with E-state index in [9.17, 15) is 4.79 Å². The lowest BCUT2D eigenvalue weighted by atomic mass is 10.2. The van der Waals surface area contributed by atoms with Crippen molar-refractivity contribution in [3.63, 3.8) is 0 Å². The molecule has 0 spiro atoms. The molecule has 0 aliphatic carbocycles. The van der Waals surface area contributed by atoms with E-state index in [0.29, 0.717) is 36.1 Å². The van der Waals surface area contributed by atoms with Crippen LogP contribution in [0.1, 0.15) is 23.7 Å². The predicted octanol–water partition coefficient (Wildman–Crippen LogP) is 5.07. The molecule has 4 aromatic rings. The smallest absolute Gasteiger partial charge is 0.325 e. The lowest BCUT2D eigenvalue weighted by molar-refractivity contribution is -0.140. The minimum Gasteiger partial charge on any atom is -0.496 e. The van der Waals surface area contributed by atoms with E-state index in [0.717, 1.165) is 16.9 Å². The molecule has 0 unspecified atom stereocenters. The maximum absolute atomic E-state index is 12.0. The molecule has 174 valence electrons. The Morgan fingerprint density at radius 2 is 1.76 bits per heavy atom. The summed E-state index contributed by atoms with van der Waals surface area (Å²) in [6.45, 7) is 2.55. The van der Waals surface area contributed by atoms with E-state index in [1.54, 1.807) is 14.0 Å². The highest BCUT2D eigenvalue weighted by Gasteiger charge is 2.15. The van der Waals surface area contributed by atoms with Crippen LogP contribution in [0.15, 0.2) is 72.9 Å². The Bertz CT molecular complexity index is 1280. The van der Waals surface area contributed by atoms with E-state index in [1.165, 1.54) is 0 Å². The summed E-state index contributed by atoms with van der Waals surface area (Å²) in [6, 6.07) is 21.5. The second kappa shape index (κ2) is 11.0. The van der Waals surface area contributed by atoms with Crippen molar-refractivity contribution in [2.75, 3.05) is 25.6 Å². The molecule has 2 heterocycles. The molecule has 0 aliphatic heterocycles. The van der Waals surface area contributed by atoms with Crippen LogP contribution in [-0.2, 0) is 16.1 Å². The van der Waals surface area contributed by atoms with Crippen LogP contribution in [0.25, 0.3) is 17.8 Å². The van der Waals surface area contributed by atoms with Crippen molar-refractivity contribution in [1.29, 1.82) is 0 Å². The zero-order valence-electron chi connectivity index (χ0n) is 19.2. The first-order valence-electron chi connectivity index (χ1n) is 11.1. The Morgan fingerprint density at radius 1 is 1.00 bits per heavy atom. The number of nitrogens with one attached hydrogen (secondary N) is 1. The third-order valence-corrected chi connectivity index (χ3v) is 5.14. The van der Waals surface area contributed by atoms with Gasteiger partial charge in [0, 0.05) is 11.8 Å². The van der Waals surface area contributed by atoms with Gasteiger partial charge in [-0.1, -0.05) is 48.5 Å². The van der Waals surface area contributed by atoms with Crippen molar-refractivity contribution in [2.45, 2.75) is 13.5 Å². The minimum atomic E-state index is -0.339. The number of rotatable bonds is 10. The monoisotopic (exact) mass is 457 g/mol. The van der Waals surface area contributed by atoms with Crippen LogP contribution in [0.3, 0.4) is 0 Å². The highest BCUT2D eigenvalue weighted by Crippen LogP contribution is 2.28. The summed E-state index contributed by atoms with van der Waals surface area (Å²) in [4.78, 5) is 16.8. The lowest BCUT2D eigenvalue weighted by Crippen LogP contribution is -2.18. The summed E-state index contributed by atoms with van der Waals surface area (Å²) in [7, 11) is 1.64. The Hall–Kier alpha value is -4.26. The standard InChI is InChI=1S/C27H27N3O4/c1-3-33-25(31)18-28-26-22(16-15-21-12-7-8-13-23(21)32-2)29-27-24(14-9-17-30(26)27)34-19-20-10-5-4-6-11-20/h4-17,28H,3,18-19H2,1-2H3/b16-15+. The quantitative estimate of drug-likeness (QED) is 0.335. The maximum atomic E-state index is 12.0. The summed E-state index contributed by atoms with van der Waals surface area (Å²) in [5.41, 5.74) is 3.28. The summed E-state index contributed by atoms with van der Waals surface area (Å²) in [6.07, 6.45) is 5.70. The van der Waals surface area contributed by atoms with Crippen LogP contribution in [0.4, 0.5) is 5.82 Å². The predicted molar refractivity (Wildman–Crippen MR) is 133 cm³/mol. The number of ether oxygens (including phenoxy) is 3. The van der Waals surface area contributed by atoms with E-state index in [-0.39, 0.29) is 12.5 Å². The van der Waals surface area contributed by atoms with Gasteiger partial charge in [0.15, 0.2) is 11.4 Å². The van der Waals surface area contributed by atoms with Crippen molar-refractivity contribution in [3.05, 3.63) is 89.7 Å². The molecular weight excluding hydrogens is 430 g/mol. The first-order valence-corrected chi connectivity index (χ1v) is 11.1. The number of methoxy groups -OCH3 is 1. The summed E-state index contributed by atoms with van der Waals surface area (Å²) < 4.78 is 18.5. The Kier molecular flexibility index (Phi) is 7.45. The Labute approximate surface area is 198 Å². The molecule has 0 amide bonds. The molecule has 0 bridgehead atoms. The first kappa shape index (κ1) is 22.9. The van der Waals surface area contributed by atoms with Crippen LogP contribution >= 0.6 is 0 Å². The zero-order valence-corrected chi connectivity index (χ0v) is 19.2. The summed E-state index contributed by atoms with van der Waals surface area (Å²) >= 11 is 0. The zero-order chi connectivity index (χ0) is 23.8. The SMILES string of the molecule is CCOC(=O)CNc1c(/C=C/c2ccccc2OC)nc2c(OCc3ccccc3)cccn12. The molecule has 0 fully saturated rings. The van der Waals surface area contributed by atoms with Crippen LogP contribution < -0.4 is 14.8 Å². The van der Waals surface area contributed by atoms with Gasteiger partial charge in [-0.05, 0) is 42.8 Å². The Morgan fingerprint density at radius 3 is 2.56 bits per heavy atom. The molecule has 0 radical (unpaired) electrons. The molecule has 0 aliphatic rings. The fourth-order valence-electron chi connectivity index (χ4n) is 3.54. The summed E-state index contributed by atoms with van der Waals surface area (Å²) in [5.74, 6) is 1.73. The van der Waals surface area contributed by atoms with Gasteiger partial charge in [0.1, 0.15) is 30.4 Å².